The summed E-state index contributed by atoms with van der Waals surface area (Å²) in [5.74, 6) is -6.88. The molecule has 4 amide bonds. The van der Waals surface area contributed by atoms with Crippen LogP contribution in [-0.4, -0.2) is 127 Å². The smallest absolute Gasteiger partial charge is 0.469 e. The number of carbonyl (C=O) groups is 5. The zero-order valence-electron chi connectivity index (χ0n) is 25.9. The number of carbonyl (C=O) groups excluding carboxylic acids is 4. The highest BCUT2D eigenvalue weighted by molar-refractivity contribution is 7.46. The van der Waals surface area contributed by atoms with Crippen LogP contribution >= 0.6 is 23.5 Å². The fraction of sp³-hybridized carbons (Fsp3) is 0.762. The van der Waals surface area contributed by atoms with E-state index in [1.165, 1.54) is 0 Å². The number of amides is 4. The molecule has 49 heavy (non-hydrogen) atoms. The van der Waals surface area contributed by atoms with E-state index in [1.807, 2.05) is 5.32 Å². The number of hydrogen-bond donors (Lipinski definition) is 14. The highest BCUT2D eigenvalue weighted by Gasteiger charge is 2.35. The van der Waals surface area contributed by atoms with Crippen molar-refractivity contribution in [1.29, 1.82) is 0 Å². The molecule has 25 nitrogen and oxygen atoms in total. The van der Waals surface area contributed by atoms with Gasteiger partial charge >= 0.3 is 29.4 Å². The average Bonchev–Trinajstić information content (AvgIpc) is 2.96. The zero-order valence-corrected chi connectivity index (χ0v) is 28.5. The summed E-state index contributed by atoms with van der Waals surface area (Å²) in [5.41, 5.74) is 16.8. The summed E-state index contributed by atoms with van der Waals surface area (Å²) < 4.78 is 46.2. The summed E-state index contributed by atoms with van der Waals surface area (Å²) in [6, 6.07) is -9.01. The van der Waals surface area contributed by atoms with Crippen LogP contribution in [0.25, 0.3) is 0 Å². The Morgan fingerprint density at radius 1 is 0.531 bits per heavy atom. The van der Waals surface area contributed by atoms with E-state index in [9.17, 15) is 42.8 Å². The van der Waals surface area contributed by atoms with Gasteiger partial charge in [0.05, 0.1) is 25.9 Å². The lowest BCUT2D eigenvalue weighted by molar-refractivity contribution is -0.143. The Hall–Kier alpha value is -2.44. The van der Waals surface area contributed by atoms with Crippen molar-refractivity contribution in [2.75, 3.05) is 32.9 Å². The Balaban J connectivity index is 6.24. The summed E-state index contributed by atoms with van der Waals surface area (Å²) >= 11 is 0. The second kappa shape index (κ2) is 22.4. The zero-order chi connectivity index (χ0) is 38.0. The maximum Gasteiger partial charge on any atom is 0.469 e. The van der Waals surface area contributed by atoms with E-state index in [0.29, 0.717) is 25.8 Å². The SMILES string of the molecule is NCCCC[C@H](NC(=O)[C@@H](N)CCCCN)C(=O)N[C@@H](COP(=O)(O)O)C(=O)N[C@@H](COP(=O)(O)O)C(=O)N[C@@H](COP(=O)(O)O)C(=O)O. The van der Waals surface area contributed by atoms with E-state index in [-0.39, 0.29) is 25.8 Å². The predicted octanol–water partition coefficient (Wildman–Crippen LogP) is -5.08. The molecule has 0 spiro atoms. The first-order valence-corrected chi connectivity index (χ1v) is 18.8. The number of carboxylic acid groups (broad SMARTS) is 1. The highest BCUT2D eigenvalue weighted by Crippen LogP contribution is 2.37. The molecule has 5 atom stereocenters. The molecule has 0 aromatic carbocycles. The van der Waals surface area contributed by atoms with E-state index < -0.39 is 103 Å². The van der Waals surface area contributed by atoms with Gasteiger partial charge in [0, 0.05) is 0 Å². The second-order valence-corrected chi connectivity index (χ2v) is 13.8. The Morgan fingerprint density at radius 2 is 0.857 bits per heavy atom. The van der Waals surface area contributed by atoms with Gasteiger partial charge in [-0.2, -0.15) is 0 Å². The lowest BCUT2D eigenvalue weighted by Gasteiger charge is -2.26. The van der Waals surface area contributed by atoms with E-state index in [4.69, 9.17) is 46.6 Å². The van der Waals surface area contributed by atoms with Gasteiger partial charge in [0.25, 0.3) is 0 Å². The molecule has 0 heterocycles. The standard InChI is InChI=1S/C21H44N7O18P3/c22-7-3-1-5-12(24)17(29)25-13(6-2-4-8-23)18(30)26-14(9-44-47(35,36)37)19(31)27-15(10-45-48(38,39)40)20(32)28-16(21(33)34)11-46-49(41,42)43/h12-16H,1-11,22-24H2,(H,25,29)(H,26,30)(H,27,31)(H,28,32)(H,33,34)(H2,35,36,37)(H2,38,39,40)(H2,41,42,43)/t12-,13-,14-,15-,16-/m0/s1. The molecule has 0 fully saturated rings. The molecule has 0 aromatic heterocycles. The highest BCUT2D eigenvalue weighted by atomic mass is 31.2. The van der Waals surface area contributed by atoms with Crippen molar-refractivity contribution in [2.24, 2.45) is 17.2 Å². The summed E-state index contributed by atoms with van der Waals surface area (Å²) in [4.78, 5) is 118. The topological polar surface area (TPSA) is 432 Å². The number of nitrogens with two attached hydrogens (primary N) is 3. The van der Waals surface area contributed by atoms with Crippen molar-refractivity contribution < 1.29 is 85.7 Å². The maximum absolute atomic E-state index is 13.3. The molecule has 0 saturated carbocycles. The molecule has 0 bridgehead atoms. The largest absolute Gasteiger partial charge is 0.480 e. The van der Waals surface area contributed by atoms with Crippen molar-refractivity contribution in [3.05, 3.63) is 0 Å². The van der Waals surface area contributed by atoms with Gasteiger partial charge < -0.3 is 72.9 Å². The molecular formula is C21H44N7O18P3. The summed E-state index contributed by atoms with van der Waals surface area (Å²) in [6.07, 6.45) is 1.85. The molecule has 0 rings (SSSR count). The van der Waals surface area contributed by atoms with Gasteiger partial charge in [-0.1, -0.05) is 6.42 Å². The fourth-order valence-electron chi connectivity index (χ4n) is 3.55. The normalized spacial score (nSPS) is 15.3. The summed E-state index contributed by atoms with van der Waals surface area (Å²) in [6.45, 7) is -3.44. The number of phosphoric ester groups is 3. The third-order valence-electron chi connectivity index (χ3n) is 5.99. The van der Waals surface area contributed by atoms with Crippen molar-refractivity contribution in [1.82, 2.24) is 21.3 Å². The minimum absolute atomic E-state index is 0.0631. The monoisotopic (exact) mass is 775 g/mol. The number of hydrogen-bond acceptors (Lipinski definition) is 14. The van der Waals surface area contributed by atoms with Crippen LogP contribution < -0.4 is 38.5 Å². The van der Waals surface area contributed by atoms with Crippen LogP contribution in [0.5, 0.6) is 0 Å². The lowest BCUT2D eigenvalue weighted by Crippen LogP contribution is -2.60. The fourth-order valence-corrected chi connectivity index (χ4v) is 4.58. The average molecular weight is 776 g/mol. The molecule has 0 saturated heterocycles. The lowest BCUT2D eigenvalue weighted by atomic mass is 10.1. The van der Waals surface area contributed by atoms with Crippen LogP contribution in [0, 0.1) is 0 Å². The maximum atomic E-state index is 13.3. The summed E-state index contributed by atoms with van der Waals surface area (Å²) in [5, 5.41) is 17.3. The van der Waals surface area contributed by atoms with Crippen molar-refractivity contribution in [3.8, 4) is 0 Å². The number of phosphoric acid groups is 3. The Morgan fingerprint density at radius 3 is 1.22 bits per heavy atom. The van der Waals surface area contributed by atoms with Gasteiger partial charge in [0.15, 0.2) is 6.04 Å². The molecule has 17 N–H and O–H groups in total. The van der Waals surface area contributed by atoms with Gasteiger partial charge in [-0.25, -0.2) is 18.5 Å². The number of unbranched alkanes of at least 4 members (excludes halogenated alkanes) is 2. The molecule has 0 aromatic rings. The van der Waals surface area contributed by atoms with Crippen LogP contribution in [0.1, 0.15) is 38.5 Å². The number of aliphatic carboxylic acids is 1. The minimum Gasteiger partial charge on any atom is -0.480 e. The molecular weight excluding hydrogens is 731 g/mol. The molecule has 0 aliphatic rings. The molecule has 0 radical (unpaired) electrons. The molecule has 0 unspecified atom stereocenters. The van der Waals surface area contributed by atoms with Crippen molar-refractivity contribution in [3.63, 3.8) is 0 Å². The third kappa shape index (κ3) is 22.8. The van der Waals surface area contributed by atoms with E-state index >= 15 is 0 Å². The Kier molecular flexibility index (Phi) is 21.3. The van der Waals surface area contributed by atoms with E-state index in [1.54, 1.807) is 5.32 Å². The van der Waals surface area contributed by atoms with Crippen LogP contribution in [0.2, 0.25) is 0 Å². The van der Waals surface area contributed by atoms with Crippen LogP contribution in [-0.2, 0) is 51.2 Å². The van der Waals surface area contributed by atoms with Crippen molar-refractivity contribution in [2.45, 2.75) is 68.7 Å². The third-order valence-corrected chi connectivity index (χ3v) is 7.45. The minimum atomic E-state index is -5.37. The molecule has 286 valence electrons. The number of carboxylic acids is 1. The molecule has 28 heteroatoms. The van der Waals surface area contributed by atoms with E-state index in [0.717, 1.165) is 0 Å². The van der Waals surface area contributed by atoms with Crippen LogP contribution in [0.3, 0.4) is 0 Å². The van der Waals surface area contributed by atoms with Gasteiger partial charge in [-0.3, -0.25) is 32.7 Å². The van der Waals surface area contributed by atoms with Crippen LogP contribution in [0.4, 0.5) is 0 Å². The number of rotatable bonds is 26. The first kappa shape index (κ1) is 46.6. The van der Waals surface area contributed by atoms with Crippen LogP contribution in [0.15, 0.2) is 0 Å². The molecule has 0 aliphatic carbocycles. The van der Waals surface area contributed by atoms with Gasteiger partial charge in [0.2, 0.25) is 23.6 Å². The van der Waals surface area contributed by atoms with Crippen molar-refractivity contribution >= 4 is 53.1 Å². The van der Waals surface area contributed by atoms with Gasteiger partial charge in [0.1, 0.15) is 18.1 Å². The van der Waals surface area contributed by atoms with E-state index in [2.05, 4.69) is 24.2 Å². The second-order valence-electron chi connectivity index (χ2n) is 10.1. The number of nitrogens with one attached hydrogen (secondary N) is 4. The first-order chi connectivity index (χ1) is 22.5. The molecule has 0 aliphatic heterocycles. The Bertz CT molecular complexity index is 1240. The quantitative estimate of drug-likeness (QED) is 0.0289. The summed E-state index contributed by atoms with van der Waals surface area (Å²) in [7, 11) is -15.9. The predicted molar refractivity (Wildman–Crippen MR) is 163 cm³/mol. The Labute approximate surface area is 279 Å². The van der Waals surface area contributed by atoms with Gasteiger partial charge in [-0.15, -0.1) is 0 Å². The first-order valence-electron chi connectivity index (χ1n) is 14.2. The van der Waals surface area contributed by atoms with Gasteiger partial charge in [-0.05, 0) is 45.2 Å².